The van der Waals surface area contributed by atoms with E-state index in [2.05, 4.69) is 10.6 Å². The van der Waals surface area contributed by atoms with Gasteiger partial charge in [-0.15, -0.1) is 0 Å². The molecule has 6 heteroatoms. The SMILES string of the molecule is CCC1(C(=O)Nc2ccc(Cl)cc2C(=O)O)CCNC1. The van der Waals surface area contributed by atoms with Crippen molar-refractivity contribution >= 4 is 29.2 Å². The lowest BCUT2D eigenvalue weighted by atomic mass is 9.83. The molecule has 1 aromatic carbocycles. The van der Waals surface area contributed by atoms with Gasteiger partial charge in [-0.3, -0.25) is 4.79 Å². The molecule has 0 saturated carbocycles. The molecule has 0 aromatic heterocycles. The Morgan fingerprint density at radius 3 is 2.80 bits per heavy atom. The molecule has 1 atom stereocenters. The number of carbonyl (C=O) groups excluding carboxylic acids is 1. The third-order valence-corrected chi connectivity index (χ3v) is 4.10. The minimum Gasteiger partial charge on any atom is -0.478 e. The monoisotopic (exact) mass is 296 g/mol. The molecule has 0 aliphatic carbocycles. The Bertz CT molecular complexity index is 539. The van der Waals surface area contributed by atoms with E-state index >= 15 is 0 Å². The van der Waals surface area contributed by atoms with E-state index in [4.69, 9.17) is 16.7 Å². The number of rotatable bonds is 4. The summed E-state index contributed by atoms with van der Waals surface area (Å²) in [6.45, 7) is 3.38. The van der Waals surface area contributed by atoms with E-state index in [-0.39, 0.29) is 17.2 Å². The average Bonchev–Trinajstić information content (AvgIpc) is 2.90. The highest BCUT2D eigenvalue weighted by Crippen LogP contribution is 2.32. The second-order valence-electron chi connectivity index (χ2n) is 5.01. The predicted molar refractivity (Wildman–Crippen MR) is 77.3 cm³/mol. The first-order valence-corrected chi connectivity index (χ1v) is 6.91. The molecular formula is C14H17ClN2O3. The van der Waals surface area contributed by atoms with Crippen LogP contribution < -0.4 is 10.6 Å². The van der Waals surface area contributed by atoms with Crippen molar-refractivity contribution in [2.24, 2.45) is 5.41 Å². The summed E-state index contributed by atoms with van der Waals surface area (Å²) in [6.07, 6.45) is 1.47. The first-order valence-electron chi connectivity index (χ1n) is 6.53. The Morgan fingerprint density at radius 2 is 2.25 bits per heavy atom. The van der Waals surface area contributed by atoms with Gasteiger partial charge in [0.15, 0.2) is 0 Å². The Kier molecular flexibility index (Phi) is 4.30. The van der Waals surface area contributed by atoms with Gasteiger partial charge in [0.05, 0.1) is 16.7 Å². The van der Waals surface area contributed by atoms with Crippen molar-refractivity contribution in [3.8, 4) is 0 Å². The van der Waals surface area contributed by atoms with Crippen LogP contribution in [0.5, 0.6) is 0 Å². The van der Waals surface area contributed by atoms with Crippen LogP contribution in [0.25, 0.3) is 0 Å². The molecular weight excluding hydrogens is 280 g/mol. The number of halogens is 1. The summed E-state index contributed by atoms with van der Waals surface area (Å²) in [5.41, 5.74) is -0.176. The molecule has 0 bridgehead atoms. The molecule has 1 saturated heterocycles. The summed E-state index contributed by atoms with van der Waals surface area (Å²) in [4.78, 5) is 23.7. The zero-order valence-corrected chi connectivity index (χ0v) is 12.0. The number of benzene rings is 1. The summed E-state index contributed by atoms with van der Waals surface area (Å²) in [6, 6.07) is 4.43. The van der Waals surface area contributed by atoms with Gasteiger partial charge in [-0.25, -0.2) is 4.79 Å². The molecule has 20 heavy (non-hydrogen) atoms. The Balaban J connectivity index is 2.25. The van der Waals surface area contributed by atoms with E-state index in [9.17, 15) is 9.59 Å². The number of carboxylic acid groups (broad SMARTS) is 1. The fourth-order valence-corrected chi connectivity index (χ4v) is 2.63. The van der Waals surface area contributed by atoms with Crippen LogP contribution in [0, 0.1) is 5.41 Å². The van der Waals surface area contributed by atoms with Crippen LogP contribution in [0.15, 0.2) is 18.2 Å². The van der Waals surface area contributed by atoms with Crippen LogP contribution in [0.2, 0.25) is 5.02 Å². The third kappa shape index (κ3) is 2.78. The van der Waals surface area contributed by atoms with Crippen LogP contribution in [0.4, 0.5) is 5.69 Å². The van der Waals surface area contributed by atoms with E-state index < -0.39 is 11.4 Å². The lowest BCUT2D eigenvalue weighted by molar-refractivity contribution is -0.124. The lowest BCUT2D eigenvalue weighted by Gasteiger charge is -2.25. The van der Waals surface area contributed by atoms with Crippen LogP contribution in [-0.4, -0.2) is 30.1 Å². The van der Waals surface area contributed by atoms with E-state index in [0.29, 0.717) is 18.0 Å². The first kappa shape index (κ1) is 14.8. The standard InChI is InChI=1S/C14H17ClN2O3/c1-2-14(5-6-16-8-14)13(20)17-11-4-3-9(15)7-10(11)12(18)19/h3-4,7,16H,2,5-6,8H2,1H3,(H,17,20)(H,18,19). The highest BCUT2D eigenvalue weighted by Gasteiger charge is 2.39. The minimum absolute atomic E-state index is 0.00283. The second-order valence-corrected chi connectivity index (χ2v) is 5.45. The van der Waals surface area contributed by atoms with E-state index in [1.165, 1.54) is 12.1 Å². The number of hydrogen-bond acceptors (Lipinski definition) is 3. The minimum atomic E-state index is -1.11. The van der Waals surface area contributed by atoms with Crippen molar-refractivity contribution in [3.05, 3.63) is 28.8 Å². The largest absolute Gasteiger partial charge is 0.478 e. The number of aromatic carboxylic acids is 1. The predicted octanol–water partition coefficient (Wildman–Crippen LogP) is 2.37. The molecule has 1 heterocycles. The highest BCUT2D eigenvalue weighted by atomic mass is 35.5. The zero-order chi connectivity index (χ0) is 14.8. The smallest absolute Gasteiger partial charge is 0.337 e. The van der Waals surface area contributed by atoms with Crippen molar-refractivity contribution in [2.75, 3.05) is 18.4 Å². The normalized spacial score (nSPS) is 21.7. The van der Waals surface area contributed by atoms with Crippen molar-refractivity contribution in [1.29, 1.82) is 0 Å². The maximum Gasteiger partial charge on any atom is 0.337 e. The quantitative estimate of drug-likeness (QED) is 0.797. The maximum absolute atomic E-state index is 12.5. The summed E-state index contributed by atoms with van der Waals surface area (Å²) in [7, 11) is 0. The summed E-state index contributed by atoms with van der Waals surface area (Å²) >= 11 is 5.79. The molecule has 2 rings (SSSR count). The number of carbonyl (C=O) groups is 2. The Hall–Kier alpha value is -1.59. The number of carboxylic acids is 1. The van der Waals surface area contributed by atoms with Crippen LogP contribution in [-0.2, 0) is 4.79 Å². The van der Waals surface area contributed by atoms with E-state index in [1.807, 2.05) is 6.92 Å². The van der Waals surface area contributed by atoms with Crippen LogP contribution in [0.1, 0.15) is 30.1 Å². The molecule has 0 radical (unpaired) electrons. The fourth-order valence-electron chi connectivity index (χ4n) is 2.46. The van der Waals surface area contributed by atoms with Gasteiger partial charge in [-0.05, 0) is 37.6 Å². The molecule has 1 unspecified atom stereocenters. The van der Waals surface area contributed by atoms with Gasteiger partial charge >= 0.3 is 5.97 Å². The highest BCUT2D eigenvalue weighted by molar-refractivity contribution is 6.31. The van der Waals surface area contributed by atoms with Gasteiger partial charge in [0, 0.05) is 11.6 Å². The molecule has 1 aliphatic heterocycles. The number of amides is 1. The Labute approximate surface area is 122 Å². The second kappa shape index (κ2) is 5.81. The van der Waals surface area contributed by atoms with E-state index in [0.717, 1.165) is 13.0 Å². The van der Waals surface area contributed by atoms with Crippen molar-refractivity contribution < 1.29 is 14.7 Å². The molecule has 108 valence electrons. The molecule has 1 amide bonds. The van der Waals surface area contributed by atoms with Crippen LogP contribution >= 0.6 is 11.6 Å². The zero-order valence-electron chi connectivity index (χ0n) is 11.2. The van der Waals surface area contributed by atoms with Gasteiger partial charge in [0.1, 0.15) is 0 Å². The Morgan fingerprint density at radius 1 is 1.50 bits per heavy atom. The maximum atomic E-state index is 12.5. The lowest BCUT2D eigenvalue weighted by Crippen LogP contribution is -2.37. The number of nitrogens with one attached hydrogen (secondary N) is 2. The molecule has 1 aliphatic rings. The van der Waals surface area contributed by atoms with Gasteiger partial charge < -0.3 is 15.7 Å². The van der Waals surface area contributed by atoms with Crippen molar-refractivity contribution in [3.63, 3.8) is 0 Å². The fraction of sp³-hybridized carbons (Fsp3) is 0.429. The molecule has 5 nitrogen and oxygen atoms in total. The molecule has 1 fully saturated rings. The van der Waals surface area contributed by atoms with E-state index in [1.54, 1.807) is 6.07 Å². The summed E-state index contributed by atoms with van der Waals surface area (Å²) in [5, 5.41) is 15.4. The topological polar surface area (TPSA) is 78.4 Å². The van der Waals surface area contributed by atoms with Gasteiger partial charge in [0.25, 0.3) is 0 Å². The molecule has 1 aromatic rings. The summed E-state index contributed by atoms with van der Waals surface area (Å²) < 4.78 is 0. The number of anilines is 1. The number of hydrogen-bond donors (Lipinski definition) is 3. The molecule has 3 N–H and O–H groups in total. The molecule has 0 spiro atoms. The third-order valence-electron chi connectivity index (χ3n) is 3.86. The first-order chi connectivity index (χ1) is 9.48. The van der Waals surface area contributed by atoms with Gasteiger partial charge in [-0.1, -0.05) is 18.5 Å². The van der Waals surface area contributed by atoms with Crippen molar-refractivity contribution in [2.45, 2.75) is 19.8 Å². The van der Waals surface area contributed by atoms with Crippen molar-refractivity contribution in [1.82, 2.24) is 5.32 Å². The van der Waals surface area contributed by atoms with Crippen LogP contribution in [0.3, 0.4) is 0 Å². The van der Waals surface area contributed by atoms with Gasteiger partial charge in [0.2, 0.25) is 5.91 Å². The van der Waals surface area contributed by atoms with Gasteiger partial charge in [-0.2, -0.15) is 0 Å². The average molecular weight is 297 g/mol. The summed E-state index contributed by atoms with van der Waals surface area (Å²) in [5.74, 6) is -1.26.